The van der Waals surface area contributed by atoms with Gasteiger partial charge in [0.2, 0.25) is 10.0 Å². The van der Waals surface area contributed by atoms with Gasteiger partial charge >= 0.3 is 0 Å². The van der Waals surface area contributed by atoms with E-state index in [9.17, 15) is 8.42 Å². The lowest BCUT2D eigenvalue weighted by Gasteiger charge is -2.25. The van der Waals surface area contributed by atoms with E-state index in [1.165, 1.54) is 4.88 Å². The van der Waals surface area contributed by atoms with Crippen LogP contribution < -0.4 is 10.6 Å². The standard InChI is InChI=1S/C16H28N4O2S3.HI/c1-14(12-15-4-3-8-24-15)13-19-16(17-2)18-5-11-25(21,22)20-6-9-23-10-7-20;/h3-4,8,14H,5-7,9-13H2,1-2H3,(H2,17,18,19);1H. The summed E-state index contributed by atoms with van der Waals surface area (Å²) in [6, 6.07) is 4.22. The summed E-state index contributed by atoms with van der Waals surface area (Å²) in [6.45, 7) is 4.61. The summed E-state index contributed by atoms with van der Waals surface area (Å²) in [5.74, 6) is 3.01. The summed E-state index contributed by atoms with van der Waals surface area (Å²) < 4.78 is 26.2. The van der Waals surface area contributed by atoms with E-state index in [0.29, 0.717) is 31.5 Å². The number of guanidine groups is 1. The molecule has 0 saturated carbocycles. The predicted octanol–water partition coefficient (Wildman–Crippen LogP) is 2.09. The predicted molar refractivity (Wildman–Crippen MR) is 125 cm³/mol. The third-order valence-corrected chi connectivity index (χ3v) is 7.70. The van der Waals surface area contributed by atoms with Gasteiger partial charge < -0.3 is 10.6 Å². The number of nitrogens with zero attached hydrogens (tertiary/aromatic N) is 2. The zero-order chi connectivity index (χ0) is 18.1. The third kappa shape index (κ3) is 8.32. The average molecular weight is 533 g/mol. The lowest BCUT2D eigenvalue weighted by molar-refractivity contribution is 0.443. The molecule has 1 aliphatic rings. The molecule has 6 nitrogen and oxygen atoms in total. The van der Waals surface area contributed by atoms with E-state index in [-0.39, 0.29) is 29.7 Å². The van der Waals surface area contributed by atoms with Crippen molar-refractivity contribution < 1.29 is 8.42 Å². The highest BCUT2D eigenvalue weighted by atomic mass is 127. The molecule has 0 radical (unpaired) electrons. The lowest BCUT2D eigenvalue weighted by atomic mass is 10.1. The van der Waals surface area contributed by atoms with Crippen molar-refractivity contribution in [3.63, 3.8) is 0 Å². The van der Waals surface area contributed by atoms with Gasteiger partial charge in [-0.05, 0) is 23.8 Å². The van der Waals surface area contributed by atoms with E-state index in [0.717, 1.165) is 24.5 Å². The molecule has 1 aromatic heterocycles. The summed E-state index contributed by atoms with van der Waals surface area (Å²) >= 11 is 3.58. The van der Waals surface area contributed by atoms with Crippen molar-refractivity contribution in [2.45, 2.75) is 13.3 Å². The van der Waals surface area contributed by atoms with Crippen LogP contribution in [-0.4, -0.2) is 69.2 Å². The molecular formula is C16H29IN4O2S3. The molecule has 0 amide bonds. The van der Waals surface area contributed by atoms with Crippen molar-refractivity contribution in [3.8, 4) is 0 Å². The molecule has 1 saturated heterocycles. The van der Waals surface area contributed by atoms with Crippen LogP contribution in [0, 0.1) is 5.92 Å². The second kappa shape index (κ2) is 12.4. The van der Waals surface area contributed by atoms with Gasteiger partial charge in [-0.3, -0.25) is 4.99 Å². The molecule has 0 spiro atoms. The van der Waals surface area contributed by atoms with Gasteiger partial charge in [-0.2, -0.15) is 11.8 Å². The average Bonchev–Trinajstić information content (AvgIpc) is 3.11. The molecule has 1 fully saturated rings. The topological polar surface area (TPSA) is 73.8 Å². The summed E-state index contributed by atoms with van der Waals surface area (Å²) in [4.78, 5) is 5.55. The van der Waals surface area contributed by atoms with Crippen molar-refractivity contribution in [1.82, 2.24) is 14.9 Å². The minimum absolute atomic E-state index is 0. The summed E-state index contributed by atoms with van der Waals surface area (Å²) in [6.07, 6.45) is 1.03. The molecule has 1 unspecified atom stereocenters. The second-order valence-corrected chi connectivity index (χ2v) is 10.4. The molecule has 2 heterocycles. The fraction of sp³-hybridized carbons (Fsp3) is 0.688. The van der Waals surface area contributed by atoms with Crippen molar-refractivity contribution in [1.29, 1.82) is 0 Å². The minimum atomic E-state index is -3.18. The smallest absolute Gasteiger partial charge is 0.215 e. The van der Waals surface area contributed by atoms with E-state index in [2.05, 4.69) is 40.1 Å². The fourth-order valence-corrected chi connectivity index (χ4v) is 5.95. The zero-order valence-electron chi connectivity index (χ0n) is 15.3. The number of thiophene rings is 1. The number of aliphatic imine (C=N–C) groups is 1. The summed E-state index contributed by atoms with van der Waals surface area (Å²) in [7, 11) is -1.47. The molecule has 0 aliphatic carbocycles. The van der Waals surface area contributed by atoms with Gasteiger partial charge in [-0.1, -0.05) is 13.0 Å². The van der Waals surface area contributed by atoms with Crippen molar-refractivity contribution >= 4 is 63.1 Å². The Morgan fingerprint density at radius 3 is 2.69 bits per heavy atom. The second-order valence-electron chi connectivity index (χ2n) is 6.10. The maximum absolute atomic E-state index is 12.3. The Hall–Kier alpha value is -0.0400. The number of nitrogens with one attached hydrogen (secondary N) is 2. The molecule has 26 heavy (non-hydrogen) atoms. The summed E-state index contributed by atoms with van der Waals surface area (Å²) in [5, 5.41) is 8.48. The largest absolute Gasteiger partial charge is 0.356 e. The molecule has 2 N–H and O–H groups in total. The normalized spacial score (nSPS) is 17.4. The molecule has 0 aromatic carbocycles. The van der Waals surface area contributed by atoms with Gasteiger partial charge in [0.15, 0.2) is 5.96 Å². The molecule has 0 bridgehead atoms. The fourth-order valence-electron chi connectivity index (χ4n) is 2.59. The van der Waals surface area contributed by atoms with Crippen LogP contribution in [0.25, 0.3) is 0 Å². The number of rotatable bonds is 8. The van der Waals surface area contributed by atoms with E-state index < -0.39 is 10.0 Å². The third-order valence-electron chi connectivity index (χ3n) is 3.99. The first kappa shape index (κ1) is 24.0. The number of thioether (sulfide) groups is 1. The molecule has 150 valence electrons. The highest BCUT2D eigenvalue weighted by Gasteiger charge is 2.23. The first-order valence-electron chi connectivity index (χ1n) is 8.53. The molecule has 10 heteroatoms. The quantitative estimate of drug-likeness (QED) is 0.305. The van der Waals surface area contributed by atoms with E-state index >= 15 is 0 Å². The molecule has 1 aliphatic heterocycles. The SMILES string of the molecule is CN=C(NCCS(=O)(=O)N1CCSCC1)NCC(C)Cc1cccs1.I. The first-order valence-corrected chi connectivity index (χ1v) is 12.2. The molecule has 1 aromatic rings. The van der Waals surface area contributed by atoms with Crippen LogP contribution in [-0.2, 0) is 16.4 Å². The van der Waals surface area contributed by atoms with Crippen LogP contribution in [0.15, 0.2) is 22.5 Å². The van der Waals surface area contributed by atoms with Crippen LogP contribution >= 0.6 is 47.1 Å². The minimum Gasteiger partial charge on any atom is -0.356 e. The van der Waals surface area contributed by atoms with Crippen LogP contribution in [0.3, 0.4) is 0 Å². The Bertz CT molecular complexity index is 632. The van der Waals surface area contributed by atoms with E-state index in [1.54, 1.807) is 22.7 Å². The van der Waals surface area contributed by atoms with Gasteiger partial charge in [-0.25, -0.2) is 12.7 Å². The van der Waals surface area contributed by atoms with Gasteiger partial charge in [-0.15, -0.1) is 35.3 Å². The van der Waals surface area contributed by atoms with Crippen LogP contribution in [0.4, 0.5) is 0 Å². The van der Waals surface area contributed by atoms with E-state index in [4.69, 9.17) is 0 Å². The monoisotopic (exact) mass is 532 g/mol. The highest BCUT2D eigenvalue weighted by Crippen LogP contribution is 2.14. The Balaban J connectivity index is 0.00000338. The van der Waals surface area contributed by atoms with Crippen molar-refractivity contribution in [3.05, 3.63) is 22.4 Å². The van der Waals surface area contributed by atoms with Crippen molar-refractivity contribution in [2.75, 3.05) is 50.5 Å². The van der Waals surface area contributed by atoms with Crippen molar-refractivity contribution in [2.24, 2.45) is 10.9 Å². The van der Waals surface area contributed by atoms with Gasteiger partial charge in [0.05, 0.1) is 5.75 Å². The molecule has 2 rings (SSSR count). The Labute approximate surface area is 182 Å². The number of halogens is 1. The Kier molecular flexibility index (Phi) is 11.5. The maximum Gasteiger partial charge on any atom is 0.215 e. The number of hydrogen-bond acceptors (Lipinski definition) is 5. The van der Waals surface area contributed by atoms with Gasteiger partial charge in [0.25, 0.3) is 0 Å². The van der Waals surface area contributed by atoms with Gasteiger partial charge in [0.1, 0.15) is 0 Å². The zero-order valence-corrected chi connectivity index (χ0v) is 20.1. The van der Waals surface area contributed by atoms with E-state index in [1.807, 2.05) is 11.8 Å². The number of hydrogen-bond donors (Lipinski definition) is 2. The molecule has 1 atom stereocenters. The highest BCUT2D eigenvalue weighted by molar-refractivity contribution is 14.0. The van der Waals surface area contributed by atoms with Crippen LogP contribution in [0.5, 0.6) is 0 Å². The Morgan fingerprint density at radius 2 is 2.08 bits per heavy atom. The first-order chi connectivity index (χ1) is 12.0. The maximum atomic E-state index is 12.3. The lowest BCUT2D eigenvalue weighted by Crippen LogP contribution is -2.44. The van der Waals surface area contributed by atoms with Crippen LogP contribution in [0.1, 0.15) is 11.8 Å². The van der Waals surface area contributed by atoms with Crippen LogP contribution in [0.2, 0.25) is 0 Å². The summed E-state index contributed by atoms with van der Waals surface area (Å²) in [5.41, 5.74) is 0. The Morgan fingerprint density at radius 1 is 1.35 bits per heavy atom. The van der Waals surface area contributed by atoms with Gasteiger partial charge in [0, 0.05) is 49.6 Å². The number of sulfonamides is 1. The molecular weight excluding hydrogens is 503 g/mol.